The van der Waals surface area contributed by atoms with Crippen LogP contribution in [0.1, 0.15) is 34.6 Å². The first kappa shape index (κ1) is 15.8. The van der Waals surface area contributed by atoms with E-state index in [0.717, 1.165) is 11.1 Å². The van der Waals surface area contributed by atoms with Crippen molar-refractivity contribution in [3.63, 3.8) is 0 Å². The van der Waals surface area contributed by atoms with Gasteiger partial charge in [0.2, 0.25) is 5.91 Å². The van der Waals surface area contributed by atoms with E-state index in [9.17, 15) is 9.59 Å². The molecule has 22 heavy (non-hydrogen) atoms. The van der Waals surface area contributed by atoms with Gasteiger partial charge in [0.15, 0.2) is 0 Å². The van der Waals surface area contributed by atoms with Crippen LogP contribution in [-0.4, -0.2) is 18.4 Å². The molecule has 0 aliphatic heterocycles. The topological polar surface area (TPSA) is 72.2 Å². The Kier molecular flexibility index (Phi) is 4.94. The van der Waals surface area contributed by atoms with Crippen molar-refractivity contribution in [2.45, 2.75) is 13.8 Å². The summed E-state index contributed by atoms with van der Waals surface area (Å²) in [6, 6.07) is 14.8. The second-order valence-electron chi connectivity index (χ2n) is 5.59. The van der Waals surface area contributed by atoms with Crippen LogP contribution >= 0.6 is 0 Å². The van der Waals surface area contributed by atoms with Gasteiger partial charge in [-0.2, -0.15) is 0 Å². The fourth-order valence-corrected chi connectivity index (χ4v) is 2.15. The number of benzene rings is 2. The molecule has 0 bridgehead atoms. The maximum absolute atomic E-state index is 12.3. The molecule has 114 valence electrons. The van der Waals surface area contributed by atoms with Gasteiger partial charge in [0.05, 0.1) is 11.1 Å². The molecule has 4 nitrogen and oxygen atoms in total. The number of carbonyl (C=O) groups excluding carboxylic acids is 2. The molecule has 0 radical (unpaired) electrons. The molecule has 0 spiro atoms. The van der Waals surface area contributed by atoms with E-state index in [0.29, 0.717) is 18.0 Å². The lowest BCUT2D eigenvalue weighted by Crippen LogP contribution is -2.29. The molecular weight excluding hydrogens is 276 g/mol. The largest absolute Gasteiger partial charge is 0.366 e. The highest BCUT2D eigenvalue weighted by atomic mass is 16.2. The Bertz CT molecular complexity index is 679. The number of carbonyl (C=O) groups is 2. The standard InChI is InChI=1S/C18H20N2O2/c1-12(2)11-20-18(22)16-10-14(8-9-15(16)17(19)21)13-6-4-3-5-7-13/h3-10,12H,11H2,1-2H3,(H2,19,21)(H,20,22). The quantitative estimate of drug-likeness (QED) is 0.890. The first-order valence-corrected chi connectivity index (χ1v) is 7.26. The number of nitrogens with one attached hydrogen (secondary N) is 1. The van der Waals surface area contributed by atoms with Crippen molar-refractivity contribution in [2.75, 3.05) is 6.54 Å². The van der Waals surface area contributed by atoms with E-state index in [2.05, 4.69) is 5.32 Å². The second-order valence-corrected chi connectivity index (χ2v) is 5.59. The van der Waals surface area contributed by atoms with Crippen LogP contribution in [0.2, 0.25) is 0 Å². The molecule has 0 fully saturated rings. The fourth-order valence-electron chi connectivity index (χ4n) is 2.15. The van der Waals surface area contributed by atoms with E-state index in [1.54, 1.807) is 18.2 Å². The van der Waals surface area contributed by atoms with Crippen LogP contribution in [0, 0.1) is 5.92 Å². The summed E-state index contributed by atoms with van der Waals surface area (Å²) >= 11 is 0. The highest BCUT2D eigenvalue weighted by Crippen LogP contribution is 2.22. The lowest BCUT2D eigenvalue weighted by Gasteiger charge is -2.12. The molecule has 0 saturated heterocycles. The van der Waals surface area contributed by atoms with Gasteiger partial charge < -0.3 is 11.1 Å². The number of amides is 2. The summed E-state index contributed by atoms with van der Waals surface area (Å²) in [4.78, 5) is 23.9. The molecule has 0 atom stereocenters. The molecular formula is C18H20N2O2. The van der Waals surface area contributed by atoms with Crippen LogP contribution < -0.4 is 11.1 Å². The smallest absolute Gasteiger partial charge is 0.252 e. The predicted octanol–water partition coefficient (Wildman–Crippen LogP) is 2.84. The van der Waals surface area contributed by atoms with Gasteiger partial charge in [-0.1, -0.05) is 50.2 Å². The van der Waals surface area contributed by atoms with Crippen LogP contribution in [0.15, 0.2) is 48.5 Å². The van der Waals surface area contributed by atoms with Crippen LogP contribution in [0.5, 0.6) is 0 Å². The third kappa shape index (κ3) is 3.73. The maximum Gasteiger partial charge on any atom is 0.252 e. The zero-order chi connectivity index (χ0) is 16.1. The Morgan fingerprint density at radius 2 is 1.68 bits per heavy atom. The Balaban J connectivity index is 2.40. The SMILES string of the molecule is CC(C)CNC(=O)c1cc(-c2ccccc2)ccc1C(N)=O. The minimum atomic E-state index is -0.602. The molecule has 2 aromatic carbocycles. The summed E-state index contributed by atoms with van der Waals surface area (Å²) in [6.45, 7) is 4.57. The molecule has 0 heterocycles. The minimum absolute atomic E-state index is 0.237. The van der Waals surface area contributed by atoms with Crippen molar-refractivity contribution in [1.29, 1.82) is 0 Å². The fraction of sp³-hybridized carbons (Fsp3) is 0.222. The van der Waals surface area contributed by atoms with Crippen molar-refractivity contribution in [1.82, 2.24) is 5.32 Å². The van der Waals surface area contributed by atoms with Crippen LogP contribution in [0.3, 0.4) is 0 Å². The number of nitrogens with two attached hydrogens (primary N) is 1. The number of rotatable bonds is 5. The van der Waals surface area contributed by atoms with Gasteiger partial charge in [-0.25, -0.2) is 0 Å². The van der Waals surface area contributed by atoms with Crippen molar-refractivity contribution in [3.05, 3.63) is 59.7 Å². The summed E-state index contributed by atoms with van der Waals surface area (Å²) in [7, 11) is 0. The molecule has 4 heteroatoms. The Labute approximate surface area is 130 Å². The van der Waals surface area contributed by atoms with Crippen molar-refractivity contribution < 1.29 is 9.59 Å². The summed E-state index contributed by atoms with van der Waals surface area (Å²) in [5, 5.41) is 2.83. The first-order valence-electron chi connectivity index (χ1n) is 7.26. The van der Waals surface area contributed by atoms with Gasteiger partial charge >= 0.3 is 0 Å². The molecule has 0 aliphatic rings. The molecule has 0 saturated carbocycles. The van der Waals surface area contributed by atoms with Crippen LogP contribution in [0.4, 0.5) is 0 Å². The molecule has 2 rings (SSSR count). The predicted molar refractivity (Wildman–Crippen MR) is 87.6 cm³/mol. The third-order valence-electron chi connectivity index (χ3n) is 3.31. The zero-order valence-electron chi connectivity index (χ0n) is 12.8. The van der Waals surface area contributed by atoms with Crippen LogP contribution in [-0.2, 0) is 0 Å². The number of primary amides is 1. The number of hydrogen-bond donors (Lipinski definition) is 2. The van der Waals surface area contributed by atoms with Gasteiger partial charge in [0.1, 0.15) is 0 Å². The normalized spacial score (nSPS) is 10.5. The highest BCUT2D eigenvalue weighted by molar-refractivity contribution is 6.07. The summed E-state index contributed by atoms with van der Waals surface area (Å²) in [5.41, 5.74) is 7.79. The van der Waals surface area contributed by atoms with E-state index >= 15 is 0 Å². The lowest BCUT2D eigenvalue weighted by atomic mass is 9.98. The average Bonchev–Trinajstić information content (AvgIpc) is 2.52. The molecule has 2 amide bonds. The second kappa shape index (κ2) is 6.89. The monoisotopic (exact) mass is 296 g/mol. The summed E-state index contributed by atoms with van der Waals surface area (Å²) in [6.07, 6.45) is 0. The van der Waals surface area contributed by atoms with E-state index in [1.807, 2.05) is 44.2 Å². The molecule has 0 aromatic heterocycles. The molecule has 0 unspecified atom stereocenters. The van der Waals surface area contributed by atoms with Crippen LogP contribution in [0.25, 0.3) is 11.1 Å². The molecule has 0 aliphatic carbocycles. The maximum atomic E-state index is 12.3. The van der Waals surface area contributed by atoms with Gasteiger partial charge in [-0.3, -0.25) is 9.59 Å². The van der Waals surface area contributed by atoms with Crippen molar-refractivity contribution in [2.24, 2.45) is 11.7 Å². The Morgan fingerprint density at radius 3 is 2.27 bits per heavy atom. The van der Waals surface area contributed by atoms with E-state index in [-0.39, 0.29) is 11.5 Å². The van der Waals surface area contributed by atoms with E-state index in [1.165, 1.54) is 0 Å². The molecule has 2 aromatic rings. The Hall–Kier alpha value is -2.62. The van der Waals surface area contributed by atoms with Gasteiger partial charge in [-0.05, 0) is 29.2 Å². The Morgan fingerprint density at radius 1 is 1.00 bits per heavy atom. The highest BCUT2D eigenvalue weighted by Gasteiger charge is 2.16. The van der Waals surface area contributed by atoms with Gasteiger partial charge in [-0.15, -0.1) is 0 Å². The van der Waals surface area contributed by atoms with Gasteiger partial charge in [0, 0.05) is 6.54 Å². The van der Waals surface area contributed by atoms with Crippen molar-refractivity contribution in [3.8, 4) is 11.1 Å². The summed E-state index contributed by atoms with van der Waals surface area (Å²) in [5.74, 6) is -0.548. The number of hydrogen-bond acceptors (Lipinski definition) is 2. The van der Waals surface area contributed by atoms with Gasteiger partial charge in [0.25, 0.3) is 5.91 Å². The minimum Gasteiger partial charge on any atom is -0.366 e. The zero-order valence-corrected chi connectivity index (χ0v) is 12.8. The molecule has 3 N–H and O–H groups in total. The average molecular weight is 296 g/mol. The lowest BCUT2D eigenvalue weighted by molar-refractivity contribution is 0.0932. The summed E-state index contributed by atoms with van der Waals surface area (Å²) < 4.78 is 0. The van der Waals surface area contributed by atoms with E-state index in [4.69, 9.17) is 5.73 Å². The van der Waals surface area contributed by atoms with Crippen molar-refractivity contribution >= 4 is 11.8 Å². The van der Waals surface area contributed by atoms with E-state index < -0.39 is 5.91 Å². The first-order chi connectivity index (χ1) is 10.5. The third-order valence-corrected chi connectivity index (χ3v) is 3.31.